The van der Waals surface area contributed by atoms with Crippen LogP contribution in [0.4, 0.5) is 0 Å². The van der Waals surface area contributed by atoms with Gasteiger partial charge in [-0.25, -0.2) is 0 Å². The molecular formula is C20H32O3. The molecule has 2 N–H and O–H groups in total. The molecule has 0 heterocycles. The zero-order chi connectivity index (χ0) is 16.6. The third-order valence-electron chi connectivity index (χ3n) is 9.07. The molecule has 1 spiro atoms. The summed E-state index contributed by atoms with van der Waals surface area (Å²) in [7, 11) is 0. The highest BCUT2D eigenvalue weighted by Gasteiger charge is 2.68. The summed E-state index contributed by atoms with van der Waals surface area (Å²) in [5.74, 6) is 1.31. The summed E-state index contributed by atoms with van der Waals surface area (Å²) in [4.78, 5) is 12.1. The number of aliphatic hydroxyl groups excluding tert-OH is 1. The van der Waals surface area contributed by atoms with Crippen molar-refractivity contribution in [3.05, 3.63) is 0 Å². The maximum Gasteiger partial charge on any atom is 0.309 e. The van der Waals surface area contributed by atoms with Gasteiger partial charge >= 0.3 is 5.97 Å². The van der Waals surface area contributed by atoms with Crippen LogP contribution in [0, 0.1) is 39.9 Å². The molecular weight excluding hydrogens is 288 g/mol. The van der Waals surface area contributed by atoms with E-state index in [0.29, 0.717) is 17.8 Å². The van der Waals surface area contributed by atoms with Crippen LogP contribution < -0.4 is 0 Å². The minimum Gasteiger partial charge on any atom is -0.481 e. The molecule has 0 aromatic carbocycles. The second-order valence-electron chi connectivity index (χ2n) is 9.83. The van der Waals surface area contributed by atoms with E-state index in [9.17, 15) is 15.0 Å². The van der Waals surface area contributed by atoms with Gasteiger partial charge in [-0.05, 0) is 81.0 Å². The lowest BCUT2D eigenvalue weighted by Gasteiger charge is -2.64. The van der Waals surface area contributed by atoms with Crippen molar-refractivity contribution in [2.24, 2.45) is 39.9 Å². The Hall–Kier alpha value is -0.570. The Morgan fingerprint density at radius 1 is 1.04 bits per heavy atom. The van der Waals surface area contributed by atoms with E-state index in [-0.39, 0.29) is 22.9 Å². The van der Waals surface area contributed by atoms with Crippen molar-refractivity contribution < 1.29 is 15.0 Å². The van der Waals surface area contributed by atoms with E-state index in [1.165, 1.54) is 6.42 Å². The topological polar surface area (TPSA) is 57.5 Å². The van der Waals surface area contributed by atoms with Crippen molar-refractivity contribution >= 4 is 5.97 Å². The quantitative estimate of drug-likeness (QED) is 0.765. The molecule has 4 saturated carbocycles. The van der Waals surface area contributed by atoms with Crippen molar-refractivity contribution in [1.82, 2.24) is 0 Å². The SMILES string of the molecule is CC1CC23CCC4C(C)(C(=O)O)CCCC4(C)C2CCC1C3O. The molecule has 0 aliphatic heterocycles. The molecule has 4 fully saturated rings. The maximum absolute atomic E-state index is 12.1. The third-order valence-corrected chi connectivity index (χ3v) is 9.07. The lowest BCUT2D eigenvalue weighted by Crippen LogP contribution is -2.61. The van der Waals surface area contributed by atoms with Crippen molar-refractivity contribution in [2.75, 3.05) is 0 Å². The van der Waals surface area contributed by atoms with Crippen LogP contribution in [0.25, 0.3) is 0 Å². The van der Waals surface area contributed by atoms with Gasteiger partial charge in [-0.3, -0.25) is 4.79 Å². The summed E-state index contributed by atoms with van der Waals surface area (Å²) >= 11 is 0. The molecule has 8 atom stereocenters. The van der Waals surface area contributed by atoms with Gasteiger partial charge in [0.1, 0.15) is 0 Å². The molecule has 4 aliphatic rings. The van der Waals surface area contributed by atoms with Gasteiger partial charge in [-0.2, -0.15) is 0 Å². The van der Waals surface area contributed by atoms with Crippen LogP contribution in [0.1, 0.15) is 72.1 Å². The predicted molar refractivity (Wildman–Crippen MR) is 88.9 cm³/mol. The molecule has 0 aromatic heterocycles. The van der Waals surface area contributed by atoms with Gasteiger partial charge in [-0.15, -0.1) is 0 Å². The summed E-state index contributed by atoms with van der Waals surface area (Å²) in [5.41, 5.74) is -0.384. The minimum atomic E-state index is -0.599. The second kappa shape index (κ2) is 4.74. The lowest BCUT2D eigenvalue weighted by molar-refractivity contribution is -0.197. The van der Waals surface area contributed by atoms with E-state index in [1.54, 1.807) is 0 Å². The van der Waals surface area contributed by atoms with E-state index >= 15 is 0 Å². The Labute approximate surface area is 139 Å². The van der Waals surface area contributed by atoms with E-state index in [2.05, 4.69) is 13.8 Å². The van der Waals surface area contributed by atoms with Crippen LogP contribution in [0.15, 0.2) is 0 Å². The first kappa shape index (κ1) is 15.9. The van der Waals surface area contributed by atoms with E-state index in [1.807, 2.05) is 6.92 Å². The molecule has 4 rings (SSSR count). The number of hydrogen-bond acceptors (Lipinski definition) is 2. The van der Waals surface area contributed by atoms with Crippen molar-refractivity contribution in [2.45, 2.75) is 78.2 Å². The summed E-state index contributed by atoms with van der Waals surface area (Å²) in [6, 6.07) is 0. The van der Waals surface area contributed by atoms with Crippen LogP contribution in [0.3, 0.4) is 0 Å². The molecule has 0 amide bonds. The van der Waals surface area contributed by atoms with Crippen LogP contribution in [0.5, 0.6) is 0 Å². The Kier molecular flexibility index (Phi) is 3.28. The fourth-order valence-corrected chi connectivity index (χ4v) is 8.10. The monoisotopic (exact) mass is 320 g/mol. The van der Waals surface area contributed by atoms with Gasteiger partial charge in [0.05, 0.1) is 11.5 Å². The Morgan fingerprint density at radius 3 is 2.48 bits per heavy atom. The third kappa shape index (κ3) is 1.78. The van der Waals surface area contributed by atoms with Gasteiger partial charge in [0.25, 0.3) is 0 Å². The van der Waals surface area contributed by atoms with Crippen molar-refractivity contribution in [1.29, 1.82) is 0 Å². The van der Waals surface area contributed by atoms with E-state index in [0.717, 1.165) is 44.9 Å². The summed E-state index contributed by atoms with van der Waals surface area (Å²) in [5, 5.41) is 21.0. The highest BCUT2D eigenvalue weighted by molar-refractivity contribution is 5.75. The largest absolute Gasteiger partial charge is 0.481 e. The van der Waals surface area contributed by atoms with Gasteiger partial charge in [0.2, 0.25) is 0 Å². The number of aliphatic carboxylic acids is 1. The number of hydrogen-bond donors (Lipinski definition) is 2. The van der Waals surface area contributed by atoms with Crippen molar-refractivity contribution in [3.8, 4) is 0 Å². The van der Waals surface area contributed by atoms with E-state index < -0.39 is 11.4 Å². The van der Waals surface area contributed by atoms with Crippen LogP contribution in [-0.2, 0) is 4.79 Å². The van der Waals surface area contributed by atoms with E-state index in [4.69, 9.17) is 0 Å². The molecule has 2 bridgehead atoms. The molecule has 3 nitrogen and oxygen atoms in total. The van der Waals surface area contributed by atoms with Crippen LogP contribution >= 0.6 is 0 Å². The molecule has 23 heavy (non-hydrogen) atoms. The Bertz CT molecular complexity index is 531. The fourth-order valence-electron chi connectivity index (χ4n) is 8.10. The molecule has 8 unspecified atom stereocenters. The van der Waals surface area contributed by atoms with Gasteiger partial charge in [0.15, 0.2) is 0 Å². The summed E-state index contributed by atoms with van der Waals surface area (Å²) in [6.07, 6.45) is 8.40. The first-order chi connectivity index (χ1) is 10.8. The average molecular weight is 320 g/mol. The van der Waals surface area contributed by atoms with Gasteiger partial charge in [0, 0.05) is 5.41 Å². The normalized spacial score (nSPS) is 58.3. The maximum atomic E-state index is 12.1. The van der Waals surface area contributed by atoms with Gasteiger partial charge < -0.3 is 10.2 Å². The number of rotatable bonds is 1. The Morgan fingerprint density at radius 2 is 1.78 bits per heavy atom. The van der Waals surface area contributed by atoms with Crippen LogP contribution in [0.2, 0.25) is 0 Å². The molecule has 0 radical (unpaired) electrons. The molecule has 3 heteroatoms. The average Bonchev–Trinajstić information content (AvgIpc) is 2.63. The summed E-state index contributed by atoms with van der Waals surface area (Å²) < 4.78 is 0. The standard InChI is InChI=1S/C20H32O3/c1-12-11-20-10-7-14-18(2,8-4-9-19(14,3)17(22)23)15(20)6-5-13(12)16(20)21/h12-16,21H,4-11H2,1-3H3,(H,22,23). The first-order valence-corrected chi connectivity index (χ1v) is 9.67. The van der Waals surface area contributed by atoms with Crippen molar-refractivity contribution in [3.63, 3.8) is 0 Å². The Balaban J connectivity index is 1.76. The zero-order valence-corrected chi connectivity index (χ0v) is 14.8. The molecule has 130 valence electrons. The molecule has 0 saturated heterocycles. The number of carboxylic acids is 1. The molecule has 0 aromatic rings. The number of carbonyl (C=O) groups is 1. The number of aliphatic hydroxyl groups is 1. The zero-order valence-electron chi connectivity index (χ0n) is 14.8. The second-order valence-corrected chi connectivity index (χ2v) is 9.83. The summed E-state index contributed by atoms with van der Waals surface area (Å²) in [6.45, 7) is 6.69. The number of carboxylic acid groups (broad SMARTS) is 1. The highest BCUT2D eigenvalue weighted by Crippen LogP contribution is 2.72. The predicted octanol–water partition coefficient (Wildman–Crippen LogP) is 4.09. The smallest absolute Gasteiger partial charge is 0.309 e. The minimum absolute atomic E-state index is 0.0876. The van der Waals surface area contributed by atoms with Crippen LogP contribution in [-0.4, -0.2) is 22.3 Å². The van der Waals surface area contributed by atoms with Gasteiger partial charge in [-0.1, -0.05) is 20.3 Å². The first-order valence-electron chi connectivity index (χ1n) is 9.67. The fraction of sp³-hybridized carbons (Fsp3) is 0.950. The number of fused-ring (bicyclic) bond motifs is 3. The lowest BCUT2D eigenvalue weighted by atomic mass is 9.40. The highest BCUT2D eigenvalue weighted by atomic mass is 16.4. The molecule has 4 aliphatic carbocycles.